The van der Waals surface area contributed by atoms with Crippen molar-refractivity contribution in [1.82, 2.24) is 19.4 Å². The van der Waals surface area contributed by atoms with Crippen LogP contribution in [0.2, 0.25) is 0 Å². The molecule has 0 unspecified atom stereocenters. The van der Waals surface area contributed by atoms with Gasteiger partial charge in [0.1, 0.15) is 0 Å². The molecule has 0 saturated heterocycles. The maximum atomic E-state index is 11.7. The van der Waals surface area contributed by atoms with Crippen LogP contribution in [0.5, 0.6) is 0 Å². The minimum atomic E-state index is -0.294. The number of unbranched alkanes of at least 4 members (excludes halogenated alkanes) is 2. The lowest BCUT2D eigenvalue weighted by Crippen LogP contribution is -2.11. The fraction of sp³-hybridized carbons (Fsp3) is 0.364. The van der Waals surface area contributed by atoms with E-state index in [4.69, 9.17) is 5.26 Å². The smallest absolute Gasteiger partial charge is 0.277 e. The van der Waals surface area contributed by atoms with Crippen molar-refractivity contribution in [2.75, 3.05) is 5.32 Å². The van der Waals surface area contributed by atoms with Gasteiger partial charge >= 0.3 is 0 Å². The lowest BCUT2D eigenvalue weighted by Gasteiger charge is -1.99. The maximum absolute atomic E-state index is 11.7. The Hall–Kier alpha value is -2.27. The second-order valence-electron chi connectivity index (χ2n) is 3.85. The fourth-order valence-corrected chi connectivity index (χ4v) is 1.92. The van der Waals surface area contributed by atoms with Crippen LogP contribution in [0, 0.1) is 11.3 Å². The molecule has 0 aliphatic rings. The second-order valence-corrected chi connectivity index (χ2v) is 4.46. The van der Waals surface area contributed by atoms with Gasteiger partial charge in [-0.3, -0.25) is 9.48 Å². The van der Waals surface area contributed by atoms with E-state index in [0.29, 0.717) is 17.8 Å². The van der Waals surface area contributed by atoms with E-state index in [9.17, 15) is 4.79 Å². The van der Waals surface area contributed by atoms with Crippen LogP contribution in [0.25, 0.3) is 0 Å². The number of nitrogens with zero attached hydrogens (tertiary/aromatic N) is 5. The Morgan fingerprint density at radius 1 is 1.53 bits per heavy atom. The summed E-state index contributed by atoms with van der Waals surface area (Å²) in [6.07, 6.45) is 5.63. The summed E-state index contributed by atoms with van der Waals surface area (Å²) >= 11 is 1.13. The van der Waals surface area contributed by atoms with E-state index >= 15 is 0 Å². The molecule has 2 rings (SSSR count). The lowest BCUT2D eigenvalue weighted by atomic mass is 10.2. The summed E-state index contributed by atoms with van der Waals surface area (Å²) in [5.74, 6) is -0.294. The van der Waals surface area contributed by atoms with E-state index in [1.165, 1.54) is 0 Å². The number of carbonyl (C=O) groups excluding carboxylic acids is 1. The Morgan fingerprint density at radius 3 is 3.16 bits per heavy atom. The molecule has 0 aromatic carbocycles. The zero-order chi connectivity index (χ0) is 13.5. The first-order valence-electron chi connectivity index (χ1n) is 5.77. The number of carbonyl (C=O) groups is 1. The van der Waals surface area contributed by atoms with E-state index in [0.717, 1.165) is 30.9 Å². The number of amides is 1. The molecule has 2 aromatic heterocycles. The number of hydrogen-bond acceptors (Lipinski definition) is 6. The van der Waals surface area contributed by atoms with Crippen LogP contribution in [-0.4, -0.2) is 25.3 Å². The normalized spacial score (nSPS) is 10.1. The Kier molecular flexibility index (Phi) is 4.58. The first-order chi connectivity index (χ1) is 9.29. The van der Waals surface area contributed by atoms with Crippen LogP contribution >= 0.6 is 11.5 Å². The third kappa shape index (κ3) is 3.86. The molecule has 8 heteroatoms. The number of aromatic nitrogens is 4. The molecule has 7 nitrogen and oxygen atoms in total. The van der Waals surface area contributed by atoms with Gasteiger partial charge in [-0.2, -0.15) is 10.4 Å². The molecular formula is C11H12N6OS. The number of rotatable bonds is 6. The molecule has 2 heterocycles. The SMILES string of the molecule is N#CCCCCn1cc(NC(=O)c2csnn2)cn1. The summed E-state index contributed by atoms with van der Waals surface area (Å²) < 4.78 is 5.37. The van der Waals surface area contributed by atoms with Crippen molar-refractivity contribution in [1.29, 1.82) is 5.26 Å². The van der Waals surface area contributed by atoms with Gasteiger partial charge in [-0.05, 0) is 24.4 Å². The number of aryl methyl sites for hydroxylation is 1. The summed E-state index contributed by atoms with van der Waals surface area (Å²) in [5.41, 5.74) is 0.921. The van der Waals surface area contributed by atoms with Crippen LogP contribution < -0.4 is 5.32 Å². The molecule has 19 heavy (non-hydrogen) atoms. The van der Waals surface area contributed by atoms with Crippen molar-refractivity contribution >= 4 is 23.1 Å². The van der Waals surface area contributed by atoms with Gasteiger partial charge in [-0.1, -0.05) is 4.49 Å². The highest BCUT2D eigenvalue weighted by Crippen LogP contribution is 2.08. The van der Waals surface area contributed by atoms with Gasteiger partial charge < -0.3 is 5.32 Å². The largest absolute Gasteiger partial charge is 0.318 e. The van der Waals surface area contributed by atoms with Crippen molar-refractivity contribution in [2.45, 2.75) is 25.8 Å². The predicted molar refractivity (Wildman–Crippen MR) is 69.6 cm³/mol. The average Bonchev–Trinajstić information content (AvgIpc) is 3.06. The van der Waals surface area contributed by atoms with Crippen LogP contribution in [-0.2, 0) is 6.54 Å². The van der Waals surface area contributed by atoms with Gasteiger partial charge in [0.2, 0.25) is 0 Å². The second kappa shape index (κ2) is 6.61. The molecule has 0 radical (unpaired) electrons. The van der Waals surface area contributed by atoms with Crippen molar-refractivity contribution in [3.05, 3.63) is 23.5 Å². The minimum Gasteiger partial charge on any atom is -0.318 e. The molecule has 0 aliphatic carbocycles. The van der Waals surface area contributed by atoms with Crippen molar-refractivity contribution in [3.63, 3.8) is 0 Å². The van der Waals surface area contributed by atoms with E-state index in [2.05, 4.69) is 26.1 Å². The quantitative estimate of drug-likeness (QED) is 0.810. The monoisotopic (exact) mass is 276 g/mol. The van der Waals surface area contributed by atoms with Crippen LogP contribution in [0.4, 0.5) is 5.69 Å². The van der Waals surface area contributed by atoms with Crippen molar-refractivity contribution < 1.29 is 4.79 Å². The Morgan fingerprint density at radius 2 is 2.42 bits per heavy atom. The third-order valence-corrected chi connectivity index (χ3v) is 2.91. The van der Waals surface area contributed by atoms with E-state index in [1.807, 2.05) is 0 Å². The standard InChI is InChI=1S/C11H12N6OS/c12-4-2-1-3-5-17-7-9(6-13-17)14-11(18)10-8-19-16-15-10/h6-8H,1-3,5H2,(H,14,18). The first kappa shape index (κ1) is 13.2. The zero-order valence-electron chi connectivity index (χ0n) is 10.1. The topological polar surface area (TPSA) is 96.5 Å². The van der Waals surface area contributed by atoms with Crippen LogP contribution in [0.15, 0.2) is 17.8 Å². The Bertz CT molecular complexity index is 570. The molecule has 2 aromatic rings. The molecular weight excluding hydrogens is 264 g/mol. The Labute approximate surface area is 114 Å². The van der Waals surface area contributed by atoms with E-state index in [-0.39, 0.29) is 5.91 Å². The lowest BCUT2D eigenvalue weighted by molar-refractivity contribution is 0.102. The molecule has 0 aliphatic heterocycles. The number of anilines is 1. The summed E-state index contributed by atoms with van der Waals surface area (Å²) in [4.78, 5) is 11.7. The predicted octanol–water partition coefficient (Wildman–Crippen LogP) is 1.68. The molecule has 1 amide bonds. The van der Waals surface area contributed by atoms with Gasteiger partial charge in [-0.15, -0.1) is 5.10 Å². The molecule has 0 saturated carbocycles. The minimum absolute atomic E-state index is 0.294. The molecule has 0 spiro atoms. The van der Waals surface area contributed by atoms with Gasteiger partial charge in [0, 0.05) is 24.5 Å². The van der Waals surface area contributed by atoms with Crippen LogP contribution in [0.3, 0.4) is 0 Å². The van der Waals surface area contributed by atoms with Crippen molar-refractivity contribution in [3.8, 4) is 6.07 Å². The summed E-state index contributed by atoms with van der Waals surface area (Å²) in [5, 5.41) is 20.5. The number of hydrogen-bond donors (Lipinski definition) is 1. The number of nitrogens with one attached hydrogen (secondary N) is 1. The summed E-state index contributed by atoms with van der Waals surface area (Å²) in [7, 11) is 0. The highest BCUT2D eigenvalue weighted by molar-refractivity contribution is 7.03. The maximum Gasteiger partial charge on any atom is 0.277 e. The summed E-state index contributed by atoms with van der Waals surface area (Å²) in [6.45, 7) is 0.732. The van der Waals surface area contributed by atoms with Gasteiger partial charge in [0.15, 0.2) is 5.69 Å². The van der Waals surface area contributed by atoms with Crippen LogP contribution in [0.1, 0.15) is 29.8 Å². The van der Waals surface area contributed by atoms with Gasteiger partial charge in [0.05, 0.1) is 18.0 Å². The van der Waals surface area contributed by atoms with Gasteiger partial charge in [-0.25, -0.2) is 0 Å². The van der Waals surface area contributed by atoms with E-state index in [1.54, 1.807) is 22.5 Å². The molecule has 1 N–H and O–H groups in total. The fourth-order valence-electron chi connectivity index (χ4n) is 1.49. The number of nitriles is 1. The molecule has 0 atom stereocenters. The highest BCUT2D eigenvalue weighted by atomic mass is 32.1. The first-order valence-corrected chi connectivity index (χ1v) is 6.61. The molecule has 98 valence electrons. The summed E-state index contributed by atoms with van der Waals surface area (Å²) in [6, 6.07) is 2.10. The molecule has 0 bridgehead atoms. The Balaban J connectivity index is 1.84. The average molecular weight is 276 g/mol. The molecule has 0 fully saturated rings. The van der Waals surface area contributed by atoms with E-state index < -0.39 is 0 Å². The van der Waals surface area contributed by atoms with Crippen molar-refractivity contribution in [2.24, 2.45) is 0 Å². The highest BCUT2D eigenvalue weighted by Gasteiger charge is 2.09. The zero-order valence-corrected chi connectivity index (χ0v) is 10.9. The third-order valence-electron chi connectivity index (χ3n) is 2.41. The van der Waals surface area contributed by atoms with Gasteiger partial charge in [0.25, 0.3) is 5.91 Å².